The SMILES string of the molecule is CCCNC(CCN(CC)c1cccc(F)c1)C(C)(C)C. The highest BCUT2D eigenvalue weighted by molar-refractivity contribution is 5.46. The lowest BCUT2D eigenvalue weighted by Crippen LogP contribution is -2.43. The van der Waals surface area contributed by atoms with Gasteiger partial charge in [0, 0.05) is 24.8 Å². The predicted molar refractivity (Wildman–Crippen MR) is 90.4 cm³/mol. The van der Waals surface area contributed by atoms with E-state index in [9.17, 15) is 4.39 Å². The zero-order valence-electron chi connectivity index (χ0n) is 14.2. The molecule has 1 atom stereocenters. The lowest BCUT2D eigenvalue weighted by Gasteiger charge is -2.34. The third-order valence-electron chi connectivity index (χ3n) is 3.93. The summed E-state index contributed by atoms with van der Waals surface area (Å²) in [5.74, 6) is -0.164. The first-order valence-electron chi connectivity index (χ1n) is 8.12. The topological polar surface area (TPSA) is 15.3 Å². The van der Waals surface area contributed by atoms with Crippen molar-refractivity contribution in [2.24, 2.45) is 5.41 Å². The summed E-state index contributed by atoms with van der Waals surface area (Å²) < 4.78 is 13.4. The lowest BCUT2D eigenvalue weighted by molar-refractivity contribution is 0.256. The maximum atomic E-state index is 13.4. The number of anilines is 1. The van der Waals surface area contributed by atoms with E-state index in [1.807, 2.05) is 6.07 Å². The monoisotopic (exact) mass is 294 g/mol. The van der Waals surface area contributed by atoms with E-state index in [1.165, 1.54) is 6.07 Å². The number of hydrogen-bond acceptors (Lipinski definition) is 2. The molecular formula is C18H31FN2. The summed E-state index contributed by atoms with van der Waals surface area (Å²) >= 11 is 0. The Balaban J connectivity index is 2.67. The van der Waals surface area contributed by atoms with Crippen molar-refractivity contribution < 1.29 is 4.39 Å². The van der Waals surface area contributed by atoms with Gasteiger partial charge >= 0.3 is 0 Å². The summed E-state index contributed by atoms with van der Waals surface area (Å²) in [6, 6.07) is 7.36. The zero-order chi connectivity index (χ0) is 15.9. The number of rotatable bonds is 8. The number of benzene rings is 1. The van der Waals surface area contributed by atoms with Gasteiger partial charge in [-0.2, -0.15) is 0 Å². The van der Waals surface area contributed by atoms with Crippen LogP contribution in [0.15, 0.2) is 24.3 Å². The number of halogens is 1. The first kappa shape index (κ1) is 18.0. The van der Waals surface area contributed by atoms with Crippen LogP contribution in [0.2, 0.25) is 0 Å². The van der Waals surface area contributed by atoms with Crippen molar-refractivity contribution >= 4 is 5.69 Å². The lowest BCUT2D eigenvalue weighted by atomic mass is 9.84. The zero-order valence-corrected chi connectivity index (χ0v) is 14.2. The fourth-order valence-corrected chi connectivity index (χ4v) is 2.59. The van der Waals surface area contributed by atoms with Gasteiger partial charge in [-0.05, 0) is 49.9 Å². The van der Waals surface area contributed by atoms with E-state index in [2.05, 4.69) is 44.8 Å². The van der Waals surface area contributed by atoms with Gasteiger partial charge < -0.3 is 10.2 Å². The smallest absolute Gasteiger partial charge is 0.125 e. The first-order chi connectivity index (χ1) is 9.88. The highest BCUT2D eigenvalue weighted by Gasteiger charge is 2.24. The summed E-state index contributed by atoms with van der Waals surface area (Å²) in [4.78, 5) is 2.25. The second-order valence-corrected chi connectivity index (χ2v) is 6.72. The summed E-state index contributed by atoms with van der Waals surface area (Å²) in [6.45, 7) is 14.0. The second-order valence-electron chi connectivity index (χ2n) is 6.72. The molecule has 0 aliphatic heterocycles. The molecular weight excluding hydrogens is 263 g/mol. The molecule has 0 aromatic heterocycles. The second kappa shape index (κ2) is 8.38. The van der Waals surface area contributed by atoms with Crippen LogP contribution >= 0.6 is 0 Å². The molecule has 1 aromatic rings. The molecule has 0 aliphatic carbocycles. The van der Waals surface area contributed by atoms with Gasteiger partial charge in [0.05, 0.1) is 0 Å². The Kier molecular flexibility index (Phi) is 7.16. The fourth-order valence-electron chi connectivity index (χ4n) is 2.59. The summed E-state index contributed by atoms with van der Waals surface area (Å²) in [7, 11) is 0. The fraction of sp³-hybridized carbons (Fsp3) is 0.667. The van der Waals surface area contributed by atoms with E-state index in [4.69, 9.17) is 0 Å². The first-order valence-corrected chi connectivity index (χ1v) is 8.12. The number of nitrogens with one attached hydrogen (secondary N) is 1. The van der Waals surface area contributed by atoms with E-state index in [0.717, 1.165) is 38.2 Å². The number of nitrogens with zero attached hydrogens (tertiary/aromatic N) is 1. The van der Waals surface area contributed by atoms with Crippen molar-refractivity contribution in [2.75, 3.05) is 24.5 Å². The molecule has 2 nitrogen and oxygen atoms in total. The summed E-state index contributed by atoms with van der Waals surface area (Å²) in [5.41, 5.74) is 1.21. The highest BCUT2D eigenvalue weighted by atomic mass is 19.1. The Morgan fingerprint density at radius 2 is 1.95 bits per heavy atom. The Morgan fingerprint density at radius 3 is 2.48 bits per heavy atom. The van der Waals surface area contributed by atoms with Crippen molar-refractivity contribution in [3.63, 3.8) is 0 Å². The van der Waals surface area contributed by atoms with E-state index < -0.39 is 0 Å². The van der Waals surface area contributed by atoms with E-state index in [-0.39, 0.29) is 11.2 Å². The Morgan fingerprint density at radius 1 is 1.24 bits per heavy atom. The molecule has 0 bridgehead atoms. The molecule has 1 N–H and O–H groups in total. The Labute approximate surface area is 129 Å². The molecule has 0 spiro atoms. The molecule has 3 heteroatoms. The average Bonchev–Trinajstić information content (AvgIpc) is 2.41. The number of hydrogen-bond donors (Lipinski definition) is 1. The standard InChI is InChI=1S/C18H31FN2/c1-6-12-20-17(18(3,4)5)11-13-21(7-2)16-10-8-9-15(19)14-16/h8-10,14,17,20H,6-7,11-13H2,1-5H3. The molecule has 0 amide bonds. The van der Waals surface area contributed by atoms with Crippen LogP contribution in [0, 0.1) is 11.2 Å². The van der Waals surface area contributed by atoms with Crippen molar-refractivity contribution in [3.8, 4) is 0 Å². The third-order valence-corrected chi connectivity index (χ3v) is 3.93. The normalized spacial score (nSPS) is 13.2. The quantitative estimate of drug-likeness (QED) is 0.761. The van der Waals surface area contributed by atoms with Crippen LogP contribution in [0.25, 0.3) is 0 Å². The van der Waals surface area contributed by atoms with Crippen LogP contribution in [0.5, 0.6) is 0 Å². The van der Waals surface area contributed by atoms with Gasteiger partial charge in [0.2, 0.25) is 0 Å². The van der Waals surface area contributed by atoms with Crippen molar-refractivity contribution in [2.45, 2.75) is 53.5 Å². The summed E-state index contributed by atoms with van der Waals surface area (Å²) in [6.07, 6.45) is 2.21. The van der Waals surface area contributed by atoms with Gasteiger partial charge in [0.25, 0.3) is 0 Å². The molecule has 0 saturated heterocycles. The Hall–Kier alpha value is -1.09. The molecule has 0 fully saturated rings. The van der Waals surface area contributed by atoms with Gasteiger partial charge in [0.1, 0.15) is 5.82 Å². The summed E-state index contributed by atoms with van der Waals surface area (Å²) in [5, 5.41) is 3.65. The maximum Gasteiger partial charge on any atom is 0.125 e. The van der Waals surface area contributed by atoms with Crippen LogP contribution < -0.4 is 10.2 Å². The van der Waals surface area contributed by atoms with Gasteiger partial charge in [-0.15, -0.1) is 0 Å². The van der Waals surface area contributed by atoms with Gasteiger partial charge in [-0.1, -0.05) is 33.8 Å². The largest absolute Gasteiger partial charge is 0.372 e. The third kappa shape index (κ3) is 6.04. The van der Waals surface area contributed by atoms with E-state index in [1.54, 1.807) is 12.1 Å². The van der Waals surface area contributed by atoms with Gasteiger partial charge in [-0.25, -0.2) is 4.39 Å². The van der Waals surface area contributed by atoms with Crippen LogP contribution in [0.4, 0.5) is 10.1 Å². The molecule has 0 radical (unpaired) electrons. The van der Waals surface area contributed by atoms with E-state index in [0.29, 0.717) is 6.04 Å². The van der Waals surface area contributed by atoms with Crippen LogP contribution in [-0.4, -0.2) is 25.7 Å². The van der Waals surface area contributed by atoms with E-state index >= 15 is 0 Å². The highest BCUT2D eigenvalue weighted by Crippen LogP contribution is 2.23. The molecule has 1 unspecified atom stereocenters. The molecule has 0 saturated carbocycles. The predicted octanol–water partition coefficient (Wildman–Crippen LogP) is 4.46. The molecule has 1 aromatic carbocycles. The van der Waals surface area contributed by atoms with Gasteiger partial charge in [-0.3, -0.25) is 0 Å². The minimum Gasteiger partial charge on any atom is -0.372 e. The minimum absolute atomic E-state index is 0.164. The van der Waals surface area contributed by atoms with Crippen LogP contribution in [0.1, 0.15) is 47.5 Å². The minimum atomic E-state index is -0.164. The molecule has 1 rings (SSSR count). The molecule has 0 aliphatic rings. The molecule has 120 valence electrons. The van der Waals surface area contributed by atoms with Gasteiger partial charge in [0.15, 0.2) is 0 Å². The maximum absolute atomic E-state index is 13.4. The average molecular weight is 294 g/mol. The molecule has 0 heterocycles. The Bertz CT molecular complexity index is 412. The van der Waals surface area contributed by atoms with Crippen molar-refractivity contribution in [3.05, 3.63) is 30.1 Å². The van der Waals surface area contributed by atoms with Crippen molar-refractivity contribution in [1.29, 1.82) is 0 Å². The van der Waals surface area contributed by atoms with Crippen LogP contribution in [0.3, 0.4) is 0 Å². The van der Waals surface area contributed by atoms with Crippen LogP contribution in [-0.2, 0) is 0 Å². The molecule has 21 heavy (non-hydrogen) atoms. The van der Waals surface area contributed by atoms with Crippen molar-refractivity contribution in [1.82, 2.24) is 5.32 Å².